The van der Waals surface area contributed by atoms with Crippen molar-refractivity contribution in [1.82, 2.24) is 0 Å². The van der Waals surface area contributed by atoms with Crippen LogP contribution < -0.4 is 9.47 Å². The molecule has 0 spiro atoms. The Morgan fingerprint density at radius 3 is 2.21 bits per heavy atom. The quantitative estimate of drug-likeness (QED) is 0.658. The molecule has 0 bridgehead atoms. The van der Waals surface area contributed by atoms with Crippen LogP contribution in [0.1, 0.15) is 38.5 Å². The minimum atomic E-state index is -0.706. The van der Waals surface area contributed by atoms with Gasteiger partial charge in [-0.3, -0.25) is 4.79 Å². The summed E-state index contributed by atoms with van der Waals surface area (Å²) in [7, 11) is 1.64. The molecule has 0 aliphatic carbocycles. The summed E-state index contributed by atoms with van der Waals surface area (Å²) in [4.78, 5) is 10.3. The Labute approximate surface area is 114 Å². The monoisotopic (exact) mass is 266 g/mol. The van der Waals surface area contributed by atoms with Crippen LogP contribution in [0.4, 0.5) is 0 Å². The van der Waals surface area contributed by atoms with Crippen molar-refractivity contribution in [3.63, 3.8) is 0 Å². The van der Waals surface area contributed by atoms with Crippen LogP contribution in [-0.4, -0.2) is 24.8 Å². The molecular formula is C15H22O4. The van der Waals surface area contributed by atoms with Crippen molar-refractivity contribution in [2.24, 2.45) is 0 Å². The van der Waals surface area contributed by atoms with Crippen LogP contribution in [0.3, 0.4) is 0 Å². The van der Waals surface area contributed by atoms with E-state index in [0.717, 1.165) is 43.6 Å². The van der Waals surface area contributed by atoms with E-state index < -0.39 is 5.97 Å². The number of carboxylic acids is 1. The SMILES string of the molecule is COc1ccc(OCCCCCCCC(=O)O)cc1. The van der Waals surface area contributed by atoms with Gasteiger partial charge in [0.15, 0.2) is 0 Å². The molecule has 0 fully saturated rings. The molecule has 0 amide bonds. The molecule has 4 heteroatoms. The first kappa shape index (κ1) is 15.3. The Morgan fingerprint density at radius 1 is 1.00 bits per heavy atom. The van der Waals surface area contributed by atoms with Crippen molar-refractivity contribution in [2.75, 3.05) is 13.7 Å². The molecule has 0 aliphatic heterocycles. The van der Waals surface area contributed by atoms with Crippen LogP contribution >= 0.6 is 0 Å². The van der Waals surface area contributed by atoms with Gasteiger partial charge in [-0.15, -0.1) is 0 Å². The van der Waals surface area contributed by atoms with Crippen molar-refractivity contribution >= 4 is 5.97 Å². The summed E-state index contributed by atoms with van der Waals surface area (Å²) < 4.78 is 10.7. The van der Waals surface area contributed by atoms with E-state index in [1.54, 1.807) is 7.11 Å². The van der Waals surface area contributed by atoms with E-state index in [9.17, 15) is 4.79 Å². The summed E-state index contributed by atoms with van der Waals surface area (Å²) in [6.45, 7) is 0.700. The molecule has 1 aromatic carbocycles. The zero-order valence-corrected chi connectivity index (χ0v) is 11.4. The number of carbonyl (C=O) groups is 1. The van der Waals surface area contributed by atoms with Gasteiger partial charge >= 0.3 is 5.97 Å². The highest BCUT2D eigenvalue weighted by Gasteiger charge is 1.97. The maximum absolute atomic E-state index is 10.3. The first-order valence-electron chi connectivity index (χ1n) is 6.71. The van der Waals surface area contributed by atoms with Gasteiger partial charge < -0.3 is 14.6 Å². The van der Waals surface area contributed by atoms with Gasteiger partial charge in [0.1, 0.15) is 11.5 Å². The number of benzene rings is 1. The first-order chi connectivity index (χ1) is 9.22. The maximum Gasteiger partial charge on any atom is 0.303 e. The number of unbranched alkanes of at least 4 members (excludes halogenated alkanes) is 4. The third kappa shape index (κ3) is 7.34. The Morgan fingerprint density at radius 2 is 1.58 bits per heavy atom. The van der Waals surface area contributed by atoms with Crippen LogP contribution in [0.15, 0.2) is 24.3 Å². The molecule has 0 aliphatic rings. The Balaban J connectivity index is 1.99. The molecule has 0 saturated heterocycles. The van der Waals surface area contributed by atoms with Gasteiger partial charge in [-0.1, -0.05) is 19.3 Å². The van der Waals surface area contributed by atoms with Gasteiger partial charge in [-0.05, 0) is 37.1 Å². The number of ether oxygens (including phenoxy) is 2. The average molecular weight is 266 g/mol. The zero-order chi connectivity index (χ0) is 13.9. The molecule has 0 unspecified atom stereocenters. The van der Waals surface area contributed by atoms with Gasteiger partial charge in [0.2, 0.25) is 0 Å². The molecule has 0 aromatic heterocycles. The molecule has 1 N–H and O–H groups in total. The molecule has 1 rings (SSSR count). The van der Waals surface area contributed by atoms with E-state index in [1.807, 2.05) is 24.3 Å². The van der Waals surface area contributed by atoms with E-state index in [-0.39, 0.29) is 6.42 Å². The third-order valence-electron chi connectivity index (χ3n) is 2.86. The van der Waals surface area contributed by atoms with E-state index in [1.165, 1.54) is 0 Å². The Bertz CT molecular complexity index is 359. The summed E-state index contributed by atoms with van der Waals surface area (Å²) in [5.74, 6) is 0.972. The zero-order valence-electron chi connectivity index (χ0n) is 11.4. The molecule has 106 valence electrons. The number of hydrogen-bond acceptors (Lipinski definition) is 3. The lowest BCUT2D eigenvalue weighted by molar-refractivity contribution is -0.137. The maximum atomic E-state index is 10.3. The minimum absolute atomic E-state index is 0.280. The molecule has 0 heterocycles. The molecule has 1 aromatic rings. The third-order valence-corrected chi connectivity index (χ3v) is 2.86. The lowest BCUT2D eigenvalue weighted by Gasteiger charge is -2.06. The predicted octanol–water partition coefficient (Wildman–Crippen LogP) is 3.50. The second kappa shape index (κ2) is 9.25. The summed E-state index contributed by atoms with van der Waals surface area (Å²) in [6.07, 6.45) is 5.18. The highest BCUT2D eigenvalue weighted by molar-refractivity contribution is 5.66. The number of hydrogen-bond donors (Lipinski definition) is 1. The van der Waals surface area contributed by atoms with Crippen molar-refractivity contribution in [3.8, 4) is 11.5 Å². The molecule has 0 saturated carbocycles. The van der Waals surface area contributed by atoms with Crippen LogP contribution in [0.5, 0.6) is 11.5 Å². The molecule has 19 heavy (non-hydrogen) atoms. The van der Waals surface area contributed by atoms with Gasteiger partial charge in [0.05, 0.1) is 13.7 Å². The Hall–Kier alpha value is -1.71. The smallest absolute Gasteiger partial charge is 0.303 e. The highest BCUT2D eigenvalue weighted by Crippen LogP contribution is 2.17. The number of aliphatic carboxylic acids is 1. The second-order valence-electron chi connectivity index (χ2n) is 4.44. The Kier molecular flexibility index (Phi) is 7.47. The number of methoxy groups -OCH3 is 1. The van der Waals surface area contributed by atoms with Crippen LogP contribution in [0.2, 0.25) is 0 Å². The van der Waals surface area contributed by atoms with E-state index >= 15 is 0 Å². The molecule has 0 radical (unpaired) electrons. The fourth-order valence-electron chi connectivity index (χ4n) is 1.77. The topological polar surface area (TPSA) is 55.8 Å². The van der Waals surface area contributed by atoms with Gasteiger partial charge in [0, 0.05) is 6.42 Å². The van der Waals surface area contributed by atoms with Crippen molar-refractivity contribution in [3.05, 3.63) is 24.3 Å². The van der Waals surface area contributed by atoms with Crippen LogP contribution in [-0.2, 0) is 4.79 Å². The van der Waals surface area contributed by atoms with E-state index in [4.69, 9.17) is 14.6 Å². The van der Waals surface area contributed by atoms with E-state index in [0.29, 0.717) is 6.61 Å². The number of carboxylic acid groups (broad SMARTS) is 1. The average Bonchev–Trinajstić information content (AvgIpc) is 2.42. The van der Waals surface area contributed by atoms with Crippen molar-refractivity contribution in [1.29, 1.82) is 0 Å². The first-order valence-corrected chi connectivity index (χ1v) is 6.71. The largest absolute Gasteiger partial charge is 0.497 e. The molecule has 0 atom stereocenters. The fourth-order valence-corrected chi connectivity index (χ4v) is 1.77. The minimum Gasteiger partial charge on any atom is -0.497 e. The summed E-state index contributed by atoms with van der Waals surface area (Å²) in [6, 6.07) is 7.54. The number of rotatable bonds is 10. The van der Waals surface area contributed by atoms with Crippen LogP contribution in [0, 0.1) is 0 Å². The summed E-state index contributed by atoms with van der Waals surface area (Å²) >= 11 is 0. The standard InChI is InChI=1S/C15H22O4/c1-18-13-8-10-14(11-9-13)19-12-6-4-2-3-5-7-15(16)17/h8-11H,2-7,12H2,1H3,(H,16,17). The van der Waals surface area contributed by atoms with Crippen LogP contribution in [0.25, 0.3) is 0 Å². The normalized spacial score (nSPS) is 10.2. The van der Waals surface area contributed by atoms with Gasteiger partial charge in [-0.2, -0.15) is 0 Å². The van der Waals surface area contributed by atoms with E-state index in [2.05, 4.69) is 0 Å². The highest BCUT2D eigenvalue weighted by atomic mass is 16.5. The molecular weight excluding hydrogens is 244 g/mol. The van der Waals surface area contributed by atoms with Crippen molar-refractivity contribution in [2.45, 2.75) is 38.5 Å². The second-order valence-corrected chi connectivity index (χ2v) is 4.44. The van der Waals surface area contributed by atoms with Crippen molar-refractivity contribution < 1.29 is 19.4 Å². The molecule has 4 nitrogen and oxygen atoms in total. The lowest BCUT2D eigenvalue weighted by atomic mass is 10.1. The summed E-state index contributed by atoms with van der Waals surface area (Å²) in [5.41, 5.74) is 0. The summed E-state index contributed by atoms with van der Waals surface area (Å²) in [5, 5.41) is 8.49. The lowest BCUT2D eigenvalue weighted by Crippen LogP contribution is -1.97. The predicted molar refractivity (Wildman–Crippen MR) is 73.8 cm³/mol. The van der Waals surface area contributed by atoms with Gasteiger partial charge in [0.25, 0.3) is 0 Å². The van der Waals surface area contributed by atoms with Gasteiger partial charge in [-0.25, -0.2) is 0 Å². The fraction of sp³-hybridized carbons (Fsp3) is 0.533.